The van der Waals surface area contributed by atoms with Gasteiger partial charge >= 0.3 is 17.9 Å². The minimum absolute atomic E-state index is 0.222. The lowest BCUT2D eigenvalue weighted by Gasteiger charge is -2.19. The van der Waals surface area contributed by atoms with Gasteiger partial charge in [0.1, 0.15) is 6.04 Å². The van der Waals surface area contributed by atoms with Crippen molar-refractivity contribution in [2.45, 2.75) is 12.5 Å². The summed E-state index contributed by atoms with van der Waals surface area (Å²) in [5.41, 5.74) is 0. The van der Waals surface area contributed by atoms with Gasteiger partial charge in [0.05, 0.1) is 19.6 Å². The number of nitrogens with one attached hydrogen (secondary N) is 1. The van der Waals surface area contributed by atoms with E-state index in [1.54, 1.807) is 6.26 Å². The third-order valence-electron chi connectivity index (χ3n) is 2.33. The molecule has 0 heterocycles. The van der Waals surface area contributed by atoms with E-state index in [9.17, 15) is 19.2 Å². The maximum Gasteiger partial charge on any atom is 0.326 e. The number of rotatable bonds is 11. The molecule has 0 aliphatic heterocycles. The summed E-state index contributed by atoms with van der Waals surface area (Å²) in [4.78, 5) is 44.7. The van der Waals surface area contributed by atoms with Crippen LogP contribution in [0.1, 0.15) is 6.42 Å². The van der Waals surface area contributed by atoms with E-state index in [2.05, 4.69) is 5.32 Å². The predicted octanol–water partition coefficient (Wildman–Crippen LogP) is -1.22. The number of nitrogens with zero attached hydrogens (tertiary/aromatic N) is 1. The van der Waals surface area contributed by atoms with Crippen molar-refractivity contribution in [1.29, 1.82) is 0 Å². The SMILES string of the molecule is CSCC[C@H](NC(=O)CN(CC(=O)O)CC(=O)O)C(=O)O. The standard InChI is InChI=1S/C11H18N2O7S/c1-21-3-2-7(11(19)20)12-8(14)4-13(5-9(15)16)6-10(17)18/h7H,2-6H2,1H3,(H,12,14)(H,15,16)(H,17,18)(H,19,20)/t7-/m0/s1. The van der Waals surface area contributed by atoms with E-state index in [0.29, 0.717) is 5.75 Å². The molecule has 0 saturated heterocycles. The van der Waals surface area contributed by atoms with Gasteiger partial charge in [0.15, 0.2) is 0 Å². The van der Waals surface area contributed by atoms with Gasteiger partial charge in [-0.2, -0.15) is 11.8 Å². The zero-order valence-corrected chi connectivity index (χ0v) is 12.3. The van der Waals surface area contributed by atoms with Crippen LogP contribution < -0.4 is 5.32 Å². The van der Waals surface area contributed by atoms with Crippen molar-refractivity contribution in [2.24, 2.45) is 0 Å². The summed E-state index contributed by atoms with van der Waals surface area (Å²) in [6.07, 6.45) is 2.02. The van der Waals surface area contributed by atoms with E-state index in [1.165, 1.54) is 11.8 Å². The first-order valence-electron chi connectivity index (χ1n) is 5.93. The summed E-state index contributed by atoms with van der Waals surface area (Å²) in [6.45, 7) is -1.74. The van der Waals surface area contributed by atoms with Crippen LogP contribution >= 0.6 is 11.8 Å². The molecular formula is C11H18N2O7S. The molecule has 21 heavy (non-hydrogen) atoms. The molecule has 0 bridgehead atoms. The molecule has 120 valence electrons. The molecule has 1 amide bonds. The van der Waals surface area contributed by atoms with Crippen molar-refractivity contribution < 1.29 is 34.5 Å². The lowest BCUT2D eigenvalue weighted by molar-refractivity contribution is -0.145. The fourth-order valence-electron chi connectivity index (χ4n) is 1.49. The predicted molar refractivity (Wildman–Crippen MR) is 74.3 cm³/mol. The number of carboxylic acid groups (broad SMARTS) is 3. The van der Waals surface area contributed by atoms with Crippen LogP contribution in [0.3, 0.4) is 0 Å². The smallest absolute Gasteiger partial charge is 0.326 e. The Morgan fingerprint density at radius 3 is 1.95 bits per heavy atom. The number of carbonyl (C=O) groups excluding carboxylic acids is 1. The number of carboxylic acids is 3. The Balaban J connectivity index is 4.54. The average molecular weight is 322 g/mol. The summed E-state index contributed by atoms with van der Waals surface area (Å²) in [6, 6.07) is -1.08. The number of hydrogen-bond acceptors (Lipinski definition) is 6. The first-order valence-corrected chi connectivity index (χ1v) is 7.32. The Labute approximate surface area is 125 Å². The molecule has 0 aliphatic carbocycles. The van der Waals surface area contributed by atoms with Crippen molar-refractivity contribution in [3.05, 3.63) is 0 Å². The highest BCUT2D eigenvalue weighted by Crippen LogP contribution is 2.01. The van der Waals surface area contributed by atoms with Gasteiger partial charge in [0.2, 0.25) is 5.91 Å². The van der Waals surface area contributed by atoms with E-state index < -0.39 is 49.5 Å². The van der Waals surface area contributed by atoms with E-state index in [4.69, 9.17) is 15.3 Å². The monoisotopic (exact) mass is 322 g/mol. The van der Waals surface area contributed by atoms with Crippen LogP contribution in [0.4, 0.5) is 0 Å². The Hall–Kier alpha value is -1.81. The van der Waals surface area contributed by atoms with E-state index in [1.807, 2.05) is 0 Å². The minimum atomic E-state index is -1.28. The molecule has 0 rings (SSSR count). The second-order valence-corrected chi connectivity index (χ2v) is 5.16. The molecule has 0 aliphatic rings. The largest absolute Gasteiger partial charge is 0.480 e. The molecule has 0 saturated carbocycles. The molecule has 0 fully saturated rings. The Morgan fingerprint density at radius 2 is 1.57 bits per heavy atom. The summed E-state index contributed by atoms with van der Waals surface area (Å²) in [5, 5.41) is 28.5. The average Bonchev–Trinajstić information content (AvgIpc) is 2.32. The molecule has 4 N–H and O–H groups in total. The van der Waals surface area contributed by atoms with Gasteiger partial charge in [-0.3, -0.25) is 19.3 Å². The summed E-state index contributed by atoms with van der Waals surface area (Å²) in [7, 11) is 0. The highest BCUT2D eigenvalue weighted by Gasteiger charge is 2.22. The van der Waals surface area contributed by atoms with Gasteiger partial charge in [0.25, 0.3) is 0 Å². The van der Waals surface area contributed by atoms with Crippen LogP contribution in [-0.4, -0.2) is 81.7 Å². The molecule has 0 aromatic heterocycles. The lowest BCUT2D eigenvalue weighted by atomic mass is 10.2. The molecule has 9 nitrogen and oxygen atoms in total. The van der Waals surface area contributed by atoms with Crippen molar-refractivity contribution in [3.8, 4) is 0 Å². The molecule has 0 aromatic carbocycles. The lowest BCUT2D eigenvalue weighted by Crippen LogP contribution is -2.47. The normalized spacial score (nSPS) is 11.9. The van der Waals surface area contributed by atoms with Gasteiger partial charge in [-0.15, -0.1) is 0 Å². The van der Waals surface area contributed by atoms with E-state index in [0.717, 1.165) is 4.90 Å². The van der Waals surface area contributed by atoms with Crippen molar-refractivity contribution in [2.75, 3.05) is 31.6 Å². The molecule has 0 spiro atoms. The molecule has 0 aromatic rings. The van der Waals surface area contributed by atoms with Gasteiger partial charge in [-0.05, 0) is 18.4 Å². The Kier molecular flexibility index (Phi) is 9.13. The third-order valence-corrected chi connectivity index (χ3v) is 2.97. The van der Waals surface area contributed by atoms with Crippen molar-refractivity contribution >= 4 is 35.6 Å². The highest BCUT2D eigenvalue weighted by molar-refractivity contribution is 7.98. The van der Waals surface area contributed by atoms with Gasteiger partial charge in [-0.25, -0.2) is 4.79 Å². The van der Waals surface area contributed by atoms with Crippen LogP contribution in [-0.2, 0) is 19.2 Å². The summed E-state index contributed by atoms with van der Waals surface area (Å²) in [5.74, 6) is -3.94. The number of hydrogen-bond donors (Lipinski definition) is 4. The maximum atomic E-state index is 11.7. The van der Waals surface area contributed by atoms with Crippen LogP contribution in [0.2, 0.25) is 0 Å². The Morgan fingerprint density at radius 1 is 1.05 bits per heavy atom. The number of amides is 1. The molecule has 0 radical (unpaired) electrons. The van der Waals surface area contributed by atoms with Gasteiger partial charge < -0.3 is 20.6 Å². The number of thioether (sulfide) groups is 1. The second kappa shape index (κ2) is 10.00. The second-order valence-electron chi connectivity index (χ2n) is 4.17. The van der Waals surface area contributed by atoms with Gasteiger partial charge in [0, 0.05) is 0 Å². The quantitative estimate of drug-likeness (QED) is 0.368. The van der Waals surface area contributed by atoms with Crippen molar-refractivity contribution in [3.63, 3.8) is 0 Å². The summed E-state index contributed by atoms with van der Waals surface area (Å²) < 4.78 is 0. The number of aliphatic carboxylic acids is 3. The third kappa shape index (κ3) is 9.68. The number of carbonyl (C=O) groups is 4. The van der Waals surface area contributed by atoms with Crippen molar-refractivity contribution in [1.82, 2.24) is 10.2 Å². The zero-order chi connectivity index (χ0) is 16.4. The molecular weight excluding hydrogens is 304 g/mol. The molecule has 0 unspecified atom stereocenters. The van der Waals surface area contributed by atoms with E-state index in [-0.39, 0.29) is 6.42 Å². The van der Waals surface area contributed by atoms with Gasteiger partial charge in [-0.1, -0.05) is 0 Å². The summed E-state index contributed by atoms with van der Waals surface area (Å²) >= 11 is 1.42. The zero-order valence-electron chi connectivity index (χ0n) is 11.4. The van der Waals surface area contributed by atoms with Crippen LogP contribution in [0.25, 0.3) is 0 Å². The fraction of sp³-hybridized carbons (Fsp3) is 0.636. The maximum absolute atomic E-state index is 11.7. The minimum Gasteiger partial charge on any atom is -0.480 e. The van der Waals surface area contributed by atoms with E-state index >= 15 is 0 Å². The molecule has 10 heteroatoms. The molecule has 1 atom stereocenters. The van der Waals surface area contributed by atoms with Crippen LogP contribution in [0.15, 0.2) is 0 Å². The highest BCUT2D eigenvalue weighted by atomic mass is 32.2. The van der Waals surface area contributed by atoms with Crippen LogP contribution in [0.5, 0.6) is 0 Å². The first kappa shape index (κ1) is 19.2. The first-order chi connectivity index (χ1) is 9.76. The van der Waals surface area contributed by atoms with Crippen LogP contribution in [0, 0.1) is 0 Å². The topological polar surface area (TPSA) is 144 Å². The fourth-order valence-corrected chi connectivity index (χ4v) is 1.96. The Bertz CT molecular complexity index is 386.